The molecular weight excluding hydrogens is 605 g/mol. The van der Waals surface area contributed by atoms with E-state index in [4.69, 9.17) is 0 Å². The van der Waals surface area contributed by atoms with Crippen LogP contribution < -0.4 is 4.90 Å². The van der Waals surface area contributed by atoms with Gasteiger partial charge in [-0.15, -0.1) is 0 Å². The van der Waals surface area contributed by atoms with Gasteiger partial charge in [0.25, 0.3) is 0 Å². The van der Waals surface area contributed by atoms with E-state index in [1.54, 1.807) is 0 Å². The van der Waals surface area contributed by atoms with Gasteiger partial charge in [-0.25, -0.2) is 0 Å². The van der Waals surface area contributed by atoms with E-state index >= 15 is 0 Å². The summed E-state index contributed by atoms with van der Waals surface area (Å²) in [6.45, 7) is 0. The van der Waals surface area contributed by atoms with Gasteiger partial charge in [-0.05, 0) is 88.0 Å². The molecule has 8 aromatic carbocycles. The van der Waals surface area contributed by atoms with E-state index in [9.17, 15) is 0 Å². The van der Waals surface area contributed by atoms with E-state index in [1.807, 2.05) is 0 Å². The zero-order valence-corrected chi connectivity index (χ0v) is 27.5. The van der Waals surface area contributed by atoms with Crippen molar-refractivity contribution in [3.63, 3.8) is 0 Å². The molecule has 0 aliphatic heterocycles. The Bertz CT molecular complexity index is 2530. The van der Waals surface area contributed by atoms with Gasteiger partial charge in [-0.1, -0.05) is 152 Å². The molecule has 1 heterocycles. The fourth-order valence-electron chi connectivity index (χ4n) is 7.12. The molecule has 0 fully saturated rings. The van der Waals surface area contributed by atoms with Crippen molar-refractivity contribution in [2.24, 2.45) is 0 Å². The smallest absolute Gasteiger partial charge is 0.0561 e. The molecule has 0 amide bonds. The molecule has 0 bridgehead atoms. The van der Waals surface area contributed by atoms with Crippen LogP contribution in [0.1, 0.15) is 0 Å². The second-order valence-electron chi connectivity index (χ2n) is 12.6. The number of hydrogen-bond acceptors (Lipinski definition) is 1. The number of aromatic nitrogens is 1. The SMILES string of the molecule is c1ccc(-c2ccc(-c3ccc(N(c4ccc(-c5ccccc5)cc4)c4ccc5c6ccccc6n(-c6ccccc6)c5c4)cc3)cc2)cc1. The van der Waals surface area contributed by atoms with Crippen molar-refractivity contribution in [2.75, 3.05) is 4.90 Å². The van der Waals surface area contributed by atoms with Crippen molar-refractivity contribution >= 4 is 38.9 Å². The Morgan fingerprint density at radius 1 is 0.280 bits per heavy atom. The van der Waals surface area contributed by atoms with E-state index in [0.717, 1.165) is 22.7 Å². The van der Waals surface area contributed by atoms with Crippen LogP contribution in [-0.2, 0) is 0 Å². The molecule has 0 N–H and O–H groups in total. The summed E-state index contributed by atoms with van der Waals surface area (Å²) < 4.78 is 2.38. The first-order valence-electron chi connectivity index (χ1n) is 17.1. The summed E-state index contributed by atoms with van der Waals surface area (Å²) in [5.41, 5.74) is 14.1. The molecule has 9 aromatic rings. The number of hydrogen-bond donors (Lipinski definition) is 0. The average Bonchev–Trinajstić information content (AvgIpc) is 3.53. The highest BCUT2D eigenvalue weighted by Gasteiger charge is 2.18. The average molecular weight is 639 g/mol. The third kappa shape index (κ3) is 5.43. The lowest BCUT2D eigenvalue weighted by atomic mass is 10.00. The number of anilines is 3. The topological polar surface area (TPSA) is 8.17 Å². The Hall–Kier alpha value is -6.64. The number of fused-ring (bicyclic) bond motifs is 3. The molecule has 0 saturated carbocycles. The number of para-hydroxylation sites is 2. The van der Waals surface area contributed by atoms with Gasteiger partial charge in [-0.3, -0.25) is 0 Å². The molecule has 0 atom stereocenters. The van der Waals surface area contributed by atoms with Crippen molar-refractivity contribution in [2.45, 2.75) is 0 Å². The van der Waals surface area contributed by atoms with Crippen molar-refractivity contribution < 1.29 is 0 Å². The summed E-state index contributed by atoms with van der Waals surface area (Å²) in [4.78, 5) is 2.36. The summed E-state index contributed by atoms with van der Waals surface area (Å²) in [6, 6.07) is 74.0. The molecule has 50 heavy (non-hydrogen) atoms. The van der Waals surface area contributed by atoms with E-state index in [2.05, 4.69) is 216 Å². The van der Waals surface area contributed by atoms with E-state index in [0.29, 0.717) is 0 Å². The first kappa shape index (κ1) is 29.5. The van der Waals surface area contributed by atoms with Crippen LogP contribution in [0.25, 0.3) is 60.9 Å². The number of nitrogens with zero attached hydrogens (tertiary/aromatic N) is 2. The van der Waals surface area contributed by atoms with Crippen molar-refractivity contribution in [3.05, 3.63) is 206 Å². The predicted molar refractivity (Wildman–Crippen MR) is 212 cm³/mol. The zero-order valence-electron chi connectivity index (χ0n) is 27.5. The van der Waals surface area contributed by atoms with Gasteiger partial charge in [0.15, 0.2) is 0 Å². The van der Waals surface area contributed by atoms with Gasteiger partial charge in [0.1, 0.15) is 0 Å². The first-order chi connectivity index (χ1) is 24.8. The first-order valence-corrected chi connectivity index (χ1v) is 17.1. The van der Waals surface area contributed by atoms with Crippen LogP contribution in [0.4, 0.5) is 17.1 Å². The summed E-state index contributed by atoms with van der Waals surface area (Å²) in [7, 11) is 0. The van der Waals surface area contributed by atoms with Gasteiger partial charge < -0.3 is 9.47 Å². The number of rotatable bonds is 7. The lowest BCUT2D eigenvalue weighted by Crippen LogP contribution is -2.10. The fraction of sp³-hybridized carbons (Fsp3) is 0. The minimum Gasteiger partial charge on any atom is -0.310 e. The molecule has 0 aliphatic carbocycles. The fourth-order valence-corrected chi connectivity index (χ4v) is 7.12. The normalized spacial score (nSPS) is 11.2. The second-order valence-corrected chi connectivity index (χ2v) is 12.6. The third-order valence-corrected chi connectivity index (χ3v) is 9.61. The summed E-state index contributed by atoms with van der Waals surface area (Å²) in [6.07, 6.45) is 0. The molecule has 0 spiro atoms. The highest BCUT2D eigenvalue weighted by molar-refractivity contribution is 6.10. The molecule has 1 aromatic heterocycles. The maximum Gasteiger partial charge on any atom is 0.0561 e. The minimum atomic E-state index is 1.10. The summed E-state index contributed by atoms with van der Waals surface area (Å²) in [5, 5.41) is 2.49. The molecular formula is C48H34N2. The van der Waals surface area contributed by atoms with Crippen LogP contribution in [0.3, 0.4) is 0 Å². The molecule has 0 aliphatic rings. The Morgan fingerprint density at radius 2 is 0.660 bits per heavy atom. The van der Waals surface area contributed by atoms with Crippen molar-refractivity contribution in [3.8, 4) is 39.1 Å². The Morgan fingerprint density at radius 3 is 1.18 bits per heavy atom. The highest BCUT2D eigenvalue weighted by atomic mass is 15.1. The van der Waals surface area contributed by atoms with Crippen LogP contribution in [-0.4, -0.2) is 4.57 Å². The zero-order chi connectivity index (χ0) is 33.3. The second kappa shape index (κ2) is 12.8. The highest BCUT2D eigenvalue weighted by Crippen LogP contribution is 2.40. The third-order valence-electron chi connectivity index (χ3n) is 9.61. The predicted octanol–water partition coefficient (Wildman–Crippen LogP) is 13.3. The van der Waals surface area contributed by atoms with Crippen LogP contribution in [0.15, 0.2) is 206 Å². The largest absolute Gasteiger partial charge is 0.310 e. The standard InChI is InChI=1S/C48H34N2/c1-4-12-35(13-5-1)37-20-22-38(23-21-37)40-26-30-43(31-27-40)49(42-28-24-39(25-29-42)36-14-6-2-7-15-36)44-32-33-46-45-18-10-11-19-47(45)50(48(46)34-44)41-16-8-3-9-17-41/h1-34H. The Balaban J connectivity index is 1.15. The van der Waals surface area contributed by atoms with Gasteiger partial charge in [-0.2, -0.15) is 0 Å². The molecule has 2 nitrogen and oxygen atoms in total. The maximum atomic E-state index is 2.38. The van der Waals surface area contributed by atoms with Crippen LogP contribution in [0, 0.1) is 0 Å². The molecule has 2 heteroatoms. The van der Waals surface area contributed by atoms with Crippen LogP contribution >= 0.6 is 0 Å². The van der Waals surface area contributed by atoms with Crippen LogP contribution in [0.5, 0.6) is 0 Å². The van der Waals surface area contributed by atoms with Crippen molar-refractivity contribution in [1.82, 2.24) is 4.57 Å². The molecule has 9 rings (SSSR count). The van der Waals surface area contributed by atoms with Gasteiger partial charge in [0, 0.05) is 33.5 Å². The van der Waals surface area contributed by atoms with E-state index in [-0.39, 0.29) is 0 Å². The molecule has 0 saturated heterocycles. The lowest BCUT2D eigenvalue weighted by Gasteiger charge is -2.26. The van der Waals surface area contributed by atoms with Gasteiger partial charge in [0.05, 0.1) is 11.0 Å². The van der Waals surface area contributed by atoms with E-state index in [1.165, 1.54) is 55.2 Å². The summed E-state index contributed by atoms with van der Waals surface area (Å²) in [5.74, 6) is 0. The van der Waals surface area contributed by atoms with Crippen LogP contribution in [0.2, 0.25) is 0 Å². The maximum absolute atomic E-state index is 2.38. The number of benzene rings is 8. The van der Waals surface area contributed by atoms with Gasteiger partial charge >= 0.3 is 0 Å². The van der Waals surface area contributed by atoms with E-state index < -0.39 is 0 Å². The van der Waals surface area contributed by atoms with Crippen molar-refractivity contribution in [1.29, 1.82) is 0 Å². The molecule has 0 radical (unpaired) electrons. The monoisotopic (exact) mass is 638 g/mol. The quantitative estimate of drug-likeness (QED) is 0.169. The minimum absolute atomic E-state index is 1.10. The van der Waals surface area contributed by atoms with Gasteiger partial charge in [0.2, 0.25) is 0 Å². The molecule has 0 unspecified atom stereocenters. The molecule has 236 valence electrons. The Labute approximate surface area is 292 Å². The lowest BCUT2D eigenvalue weighted by molar-refractivity contribution is 1.18. The summed E-state index contributed by atoms with van der Waals surface area (Å²) >= 11 is 0. The Kier molecular flexibility index (Phi) is 7.53.